The molecule has 0 radical (unpaired) electrons. The Morgan fingerprint density at radius 3 is 2.82 bits per heavy atom. The van der Waals surface area contributed by atoms with Crippen LogP contribution >= 0.6 is 0 Å². The number of hydrogen-bond acceptors (Lipinski definition) is 3. The molecule has 0 atom stereocenters. The molecule has 0 amide bonds. The lowest BCUT2D eigenvalue weighted by atomic mass is 10.1. The van der Waals surface area contributed by atoms with Crippen LogP contribution in [0.15, 0.2) is 24.8 Å². The number of nitrogens with zero attached hydrogens (tertiary/aromatic N) is 1. The van der Waals surface area contributed by atoms with Crippen molar-refractivity contribution in [3.63, 3.8) is 0 Å². The van der Waals surface area contributed by atoms with Gasteiger partial charge in [0.15, 0.2) is 0 Å². The third-order valence-corrected chi connectivity index (χ3v) is 2.34. The van der Waals surface area contributed by atoms with Crippen molar-refractivity contribution >= 4 is 11.8 Å². The molecule has 1 rings (SSSR count). The van der Waals surface area contributed by atoms with Crippen LogP contribution in [0.1, 0.15) is 42.2 Å². The van der Waals surface area contributed by atoms with Crippen molar-refractivity contribution < 1.29 is 9.90 Å². The molecule has 2 N–H and O–H groups in total. The highest BCUT2D eigenvalue weighted by atomic mass is 16.4. The quantitative estimate of drug-likeness (QED) is 0.587. The van der Waals surface area contributed by atoms with Crippen LogP contribution in [0.25, 0.3) is 0 Å². The molecule has 1 aromatic rings. The van der Waals surface area contributed by atoms with Crippen molar-refractivity contribution in [2.45, 2.75) is 26.2 Å². The van der Waals surface area contributed by atoms with Gasteiger partial charge in [0, 0.05) is 12.2 Å². The zero-order valence-electron chi connectivity index (χ0n) is 10.2. The van der Waals surface area contributed by atoms with Gasteiger partial charge in [0.05, 0.1) is 5.56 Å². The Morgan fingerprint density at radius 1 is 1.59 bits per heavy atom. The second-order valence-electron chi connectivity index (χ2n) is 4.13. The molecule has 4 heteroatoms. The van der Waals surface area contributed by atoms with Crippen molar-refractivity contribution in [2.24, 2.45) is 0 Å². The molecular weight excluding hydrogens is 216 g/mol. The van der Waals surface area contributed by atoms with E-state index in [9.17, 15) is 4.79 Å². The van der Waals surface area contributed by atoms with E-state index in [1.807, 2.05) is 13.8 Å². The molecule has 0 aliphatic rings. The molecule has 1 heterocycles. The maximum absolute atomic E-state index is 11.0. The van der Waals surface area contributed by atoms with Gasteiger partial charge in [-0.2, -0.15) is 0 Å². The lowest BCUT2D eigenvalue weighted by molar-refractivity contribution is 0.0696. The van der Waals surface area contributed by atoms with E-state index in [1.165, 1.54) is 0 Å². The highest BCUT2D eigenvalue weighted by molar-refractivity contribution is 5.88. The fraction of sp³-hybridized carbons (Fsp3) is 0.385. The van der Waals surface area contributed by atoms with E-state index in [1.54, 1.807) is 18.2 Å². The summed E-state index contributed by atoms with van der Waals surface area (Å²) in [6.07, 6.45) is 2.62. The maximum atomic E-state index is 11.0. The standard InChI is InChI=1S/C13H18N2O2/c1-4-5-6-14-12-8-10(13(16)17)7-11(15-12)9(2)3/h4,7-9H,1,5-6H2,2-3H3,(H,14,15)(H,16,17). The Balaban J connectivity index is 2.95. The number of pyridine rings is 1. The third-order valence-electron chi connectivity index (χ3n) is 2.34. The van der Waals surface area contributed by atoms with Crippen LogP contribution in [0.5, 0.6) is 0 Å². The van der Waals surface area contributed by atoms with Gasteiger partial charge in [-0.1, -0.05) is 19.9 Å². The number of carboxylic acid groups (broad SMARTS) is 1. The number of rotatable bonds is 6. The minimum absolute atomic E-state index is 0.203. The predicted octanol–water partition coefficient (Wildman–Crippen LogP) is 2.89. The minimum Gasteiger partial charge on any atom is -0.478 e. The Morgan fingerprint density at radius 2 is 2.29 bits per heavy atom. The van der Waals surface area contributed by atoms with Gasteiger partial charge in [-0.15, -0.1) is 6.58 Å². The lowest BCUT2D eigenvalue weighted by Crippen LogP contribution is -2.08. The zero-order valence-corrected chi connectivity index (χ0v) is 10.2. The largest absolute Gasteiger partial charge is 0.478 e. The van der Waals surface area contributed by atoms with Gasteiger partial charge in [0.1, 0.15) is 5.82 Å². The molecule has 0 aliphatic heterocycles. The molecule has 0 bridgehead atoms. The van der Waals surface area contributed by atoms with E-state index in [0.717, 1.165) is 12.1 Å². The molecule has 0 fully saturated rings. The summed E-state index contributed by atoms with van der Waals surface area (Å²) in [5.74, 6) is -0.120. The van der Waals surface area contributed by atoms with Crippen LogP contribution < -0.4 is 5.32 Å². The SMILES string of the molecule is C=CCCNc1cc(C(=O)O)cc(C(C)C)n1. The van der Waals surface area contributed by atoms with Crippen LogP contribution in [-0.4, -0.2) is 22.6 Å². The summed E-state index contributed by atoms with van der Waals surface area (Å²) in [5.41, 5.74) is 1.05. The van der Waals surface area contributed by atoms with Gasteiger partial charge in [-0.05, 0) is 24.5 Å². The number of carbonyl (C=O) groups is 1. The molecule has 0 spiro atoms. The third kappa shape index (κ3) is 3.90. The van der Waals surface area contributed by atoms with Crippen molar-refractivity contribution in [2.75, 3.05) is 11.9 Å². The van der Waals surface area contributed by atoms with Crippen LogP contribution in [0.3, 0.4) is 0 Å². The number of aromatic carboxylic acids is 1. The van der Waals surface area contributed by atoms with Gasteiger partial charge >= 0.3 is 5.97 Å². The Bertz CT molecular complexity index is 414. The van der Waals surface area contributed by atoms with Gasteiger partial charge in [-0.25, -0.2) is 9.78 Å². The Kier molecular flexibility index (Phi) is 4.69. The summed E-state index contributed by atoms with van der Waals surface area (Å²) in [4.78, 5) is 15.4. The molecular formula is C13H18N2O2. The monoisotopic (exact) mass is 234 g/mol. The van der Waals surface area contributed by atoms with E-state index in [0.29, 0.717) is 12.4 Å². The summed E-state index contributed by atoms with van der Waals surface area (Å²) in [7, 11) is 0. The molecule has 0 saturated heterocycles. The summed E-state index contributed by atoms with van der Waals surface area (Å²) in [6, 6.07) is 3.17. The average Bonchev–Trinajstić information content (AvgIpc) is 2.29. The van der Waals surface area contributed by atoms with Gasteiger partial charge < -0.3 is 10.4 Å². The Hall–Kier alpha value is -1.84. The molecule has 0 aliphatic carbocycles. The highest BCUT2D eigenvalue weighted by Crippen LogP contribution is 2.17. The van der Waals surface area contributed by atoms with Gasteiger partial charge in [-0.3, -0.25) is 0 Å². The number of nitrogens with one attached hydrogen (secondary N) is 1. The maximum Gasteiger partial charge on any atom is 0.335 e. The number of anilines is 1. The Labute approximate surface area is 101 Å². The first kappa shape index (κ1) is 13.2. The molecule has 1 aromatic heterocycles. The van der Waals surface area contributed by atoms with Crippen LogP contribution in [0.2, 0.25) is 0 Å². The first-order valence-electron chi connectivity index (χ1n) is 5.64. The first-order chi connectivity index (χ1) is 8.04. The first-order valence-corrected chi connectivity index (χ1v) is 5.64. The topological polar surface area (TPSA) is 62.2 Å². The summed E-state index contributed by atoms with van der Waals surface area (Å²) in [5, 5.41) is 12.1. The number of hydrogen-bond donors (Lipinski definition) is 2. The van der Waals surface area contributed by atoms with Crippen molar-refractivity contribution in [3.05, 3.63) is 36.0 Å². The predicted molar refractivity (Wildman–Crippen MR) is 68.6 cm³/mol. The molecule has 92 valence electrons. The van der Waals surface area contributed by atoms with Gasteiger partial charge in [0.2, 0.25) is 0 Å². The second kappa shape index (κ2) is 6.03. The average molecular weight is 234 g/mol. The summed E-state index contributed by atoms with van der Waals surface area (Å²) < 4.78 is 0. The van der Waals surface area contributed by atoms with Crippen molar-refractivity contribution in [1.29, 1.82) is 0 Å². The van der Waals surface area contributed by atoms with Crippen LogP contribution in [-0.2, 0) is 0 Å². The van der Waals surface area contributed by atoms with Crippen LogP contribution in [0.4, 0.5) is 5.82 Å². The van der Waals surface area contributed by atoms with Gasteiger partial charge in [0.25, 0.3) is 0 Å². The molecule has 0 unspecified atom stereocenters. The van der Waals surface area contributed by atoms with E-state index in [2.05, 4.69) is 16.9 Å². The fourth-order valence-electron chi connectivity index (χ4n) is 1.36. The lowest BCUT2D eigenvalue weighted by Gasteiger charge is -2.10. The fourth-order valence-corrected chi connectivity index (χ4v) is 1.36. The molecule has 17 heavy (non-hydrogen) atoms. The van der Waals surface area contributed by atoms with E-state index < -0.39 is 5.97 Å². The molecule has 4 nitrogen and oxygen atoms in total. The van der Waals surface area contributed by atoms with Crippen LogP contribution in [0, 0.1) is 0 Å². The normalized spacial score (nSPS) is 10.3. The summed E-state index contributed by atoms with van der Waals surface area (Å²) >= 11 is 0. The van der Waals surface area contributed by atoms with Crippen molar-refractivity contribution in [1.82, 2.24) is 4.98 Å². The second-order valence-corrected chi connectivity index (χ2v) is 4.13. The minimum atomic E-state index is -0.930. The highest BCUT2D eigenvalue weighted by Gasteiger charge is 2.10. The van der Waals surface area contributed by atoms with E-state index in [4.69, 9.17) is 5.11 Å². The molecule has 0 aromatic carbocycles. The van der Waals surface area contributed by atoms with E-state index in [-0.39, 0.29) is 11.5 Å². The summed E-state index contributed by atoms with van der Waals surface area (Å²) in [6.45, 7) is 8.31. The smallest absolute Gasteiger partial charge is 0.335 e. The number of carboxylic acids is 1. The molecule has 0 saturated carbocycles. The zero-order chi connectivity index (χ0) is 12.8. The van der Waals surface area contributed by atoms with Crippen molar-refractivity contribution in [3.8, 4) is 0 Å². The number of aromatic nitrogens is 1. The van der Waals surface area contributed by atoms with E-state index >= 15 is 0 Å².